The predicted molar refractivity (Wildman–Crippen MR) is 202 cm³/mol. The Balaban J connectivity index is 3.62. The van der Waals surface area contributed by atoms with E-state index in [4.69, 9.17) is 0 Å². The molecule has 270 valence electrons. The van der Waals surface area contributed by atoms with Crippen LogP contribution in [0.4, 0.5) is 0 Å². The van der Waals surface area contributed by atoms with Crippen LogP contribution in [-0.2, 0) is 4.79 Å². The summed E-state index contributed by atoms with van der Waals surface area (Å²) in [5.74, 6) is -0.0847. The van der Waals surface area contributed by atoms with Gasteiger partial charge in [-0.3, -0.25) is 4.79 Å². The fourth-order valence-electron chi connectivity index (χ4n) is 5.95. The van der Waals surface area contributed by atoms with Crippen LogP contribution in [-0.4, -0.2) is 34.9 Å². The summed E-state index contributed by atoms with van der Waals surface area (Å²) in [4.78, 5) is 12.3. The first-order valence-electron chi connectivity index (χ1n) is 20.2. The van der Waals surface area contributed by atoms with E-state index < -0.39 is 12.1 Å². The summed E-state index contributed by atoms with van der Waals surface area (Å²) in [5, 5.41) is 22.9. The molecule has 1 amide bonds. The van der Waals surface area contributed by atoms with Crippen molar-refractivity contribution in [3.8, 4) is 0 Å². The van der Waals surface area contributed by atoms with Crippen molar-refractivity contribution in [2.24, 2.45) is 0 Å². The van der Waals surface area contributed by atoms with Gasteiger partial charge >= 0.3 is 0 Å². The van der Waals surface area contributed by atoms with Crippen LogP contribution in [0.1, 0.15) is 206 Å². The maximum absolute atomic E-state index is 12.3. The van der Waals surface area contributed by atoms with E-state index in [0.29, 0.717) is 6.42 Å². The predicted octanol–water partition coefficient (Wildman–Crippen LogP) is 12.2. The van der Waals surface area contributed by atoms with Gasteiger partial charge in [0.25, 0.3) is 0 Å². The van der Waals surface area contributed by atoms with Crippen molar-refractivity contribution in [3.05, 3.63) is 36.5 Å². The smallest absolute Gasteiger partial charge is 0.220 e. The van der Waals surface area contributed by atoms with Crippen LogP contribution in [0.25, 0.3) is 0 Å². The van der Waals surface area contributed by atoms with E-state index in [0.717, 1.165) is 44.9 Å². The second-order valence-electron chi connectivity index (χ2n) is 13.7. The number of hydrogen-bond acceptors (Lipinski definition) is 3. The minimum absolute atomic E-state index is 0.0847. The molecule has 2 unspecified atom stereocenters. The lowest BCUT2D eigenvalue weighted by atomic mass is 10.0. The standard InChI is InChI=1S/C42H79NO3/c1-3-5-7-9-11-13-15-17-18-19-20-21-22-23-24-25-26-27-29-31-33-35-37-41(45)40(39-44)43-42(46)38-36-34-32-30-28-16-14-12-10-8-6-4-2/h12,14,27,29,35,37,40-41,44-45H,3-11,13,15-26,28,30-34,36,38-39H2,1-2H3,(H,43,46)/b14-12-,29-27+,37-35+. The molecule has 0 aliphatic rings. The molecule has 0 heterocycles. The van der Waals surface area contributed by atoms with E-state index in [1.54, 1.807) is 6.08 Å². The number of rotatable bonds is 36. The maximum Gasteiger partial charge on any atom is 0.220 e. The highest BCUT2D eigenvalue weighted by atomic mass is 16.3. The molecular formula is C42H79NO3. The van der Waals surface area contributed by atoms with Gasteiger partial charge in [-0.05, 0) is 57.8 Å². The number of nitrogens with one attached hydrogen (secondary N) is 1. The number of aliphatic hydroxyl groups is 2. The van der Waals surface area contributed by atoms with Crippen molar-refractivity contribution in [1.29, 1.82) is 0 Å². The monoisotopic (exact) mass is 646 g/mol. The molecule has 0 rings (SSSR count). The van der Waals surface area contributed by atoms with Crippen LogP contribution in [0, 0.1) is 0 Å². The Morgan fingerprint density at radius 1 is 0.500 bits per heavy atom. The van der Waals surface area contributed by atoms with Gasteiger partial charge in [0.15, 0.2) is 0 Å². The first-order valence-corrected chi connectivity index (χ1v) is 20.2. The van der Waals surface area contributed by atoms with Gasteiger partial charge in [0.05, 0.1) is 18.8 Å². The van der Waals surface area contributed by atoms with Gasteiger partial charge in [0.1, 0.15) is 0 Å². The maximum atomic E-state index is 12.3. The molecule has 0 fully saturated rings. The van der Waals surface area contributed by atoms with E-state index in [-0.39, 0.29) is 12.5 Å². The third-order valence-corrected chi connectivity index (χ3v) is 9.10. The van der Waals surface area contributed by atoms with Crippen LogP contribution in [0.2, 0.25) is 0 Å². The molecule has 0 bridgehead atoms. The Morgan fingerprint density at radius 2 is 0.848 bits per heavy atom. The highest BCUT2D eigenvalue weighted by Crippen LogP contribution is 2.14. The fraction of sp³-hybridized carbons (Fsp3) is 0.833. The molecule has 0 radical (unpaired) electrons. The number of hydrogen-bond donors (Lipinski definition) is 3. The number of allylic oxidation sites excluding steroid dienone is 5. The second-order valence-corrected chi connectivity index (χ2v) is 13.7. The Morgan fingerprint density at radius 3 is 1.30 bits per heavy atom. The van der Waals surface area contributed by atoms with Crippen molar-refractivity contribution in [2.45, 2.75) is 219 Å². The summed E-state index contributed by atoms with van der Waals surface area (Å²) in [6.07, 6.45) is 49.6. The van der Waals surface area contributed by atoms with Crippen molar-refractivity contribution in [2.75, 3.05) is 6.61 Å². The molecule has 4 heteroatoms. The summed E-state index contributed by atoms with van der Waals surface area (Å²) in [5.41, 5.74) is 0. The largest absolute Gasteiger partial charge is 0.394 e. The summed E-state index contributed by atoms with van der Waals surface area (Å²) in [7, 11) is 0. The molecule has 3 N–H and O–H groups in total. The van der Waals surface area contributed by atoms with Gasteiger partial charge < -0.3 is 15.5 Å². The highest BCUT2D eigenvalue weighted by molar-refractivity contribution is 5.76. The third-order valence-electron chi connectivity index (χ3n) is 9.10. The zero-order chi connectivity index (χ0) is 33.6. The molecule has 2 atom stereocenters. The van der Waals surface area contributed by atoms with Crippen molar-refractivity contribution in [1.82, 2.24) is 5.32 Å². The molecule has 0 aromatic carbocycles. The first kappa shape index (κ1) is 44.6. The third kappa shape index (κ3) is 34.0. The Bertz CT molecular complexity index is 701. The van der Waals surface area contributed by atoms with Crippen LogP contribution in [0.5, 0.6) is 0 Å². The van der Waals surface area contributed by atoms with Crippen LogP contribution < -0.4 is 5.32 Å². The minimum atomic E-state index is -0.863. The molecule has 0 aromatic rings. The van der Waals surface area contributed by atoms with E-state index in [2.05, 4.69) is 43.5 Å². The molecule has 0 aromatic heterocycles. The lowest BCUT2D eigenvalue weighted by Crippen LogP contribution is -2.45. The van der Waals surface area contributed by atoms with Crippen LogP contribution in [0.3, 0.4) is 0 Å². The zero-order valence-electron chi connectivity index (χ0n) is 30.8. The lowest BCUT2D eigenvalue weighted by molar-refractivity contribution is -0.123. The topological polar surface area (TPSA) is 69.6 Å². The van der Waals surface area contributed by atoms with Crippen LogP contribution >= 0.6 is 0 Å². The summed E-state index contributed by atoms with van der Waals surface area (Å²) in [6.45, 7) is 4.26. The summed E-state index contributed by atoms with van der Waals surface area (Å²) in [6, 6.07) is -0.640. The van der Waals surface area contributed by atoms with Gasteiger partial charge in [-0.25, -0.2) is 0 Å². The van der Waals surface area contributed by atoms with E-state index in [1.165, 1.54) is 141 Å². The first-order chi connectivity index (χ1) is 22.7. The Labute approximate surface area is 287 Å². The number of carbonyl (C=O) groups is 1. The van der Waals surface area contributed by atoms with E-state index in [9.17, 15) is 15.0 Å². The molecular weight excluding hydrogens is 566 g/mol. The second kappa shape index (κ2) is 38.1. The molecule has 0 saturated heterocycles. The van der Waals surface area contributed by atoms with Gasteiger partial charge in [0, 0.05) is 6.42 Å². The number of amides is 1. The van der Waals surface area contributed by atoms with E-state index >= 15 is 0 Å². The van der Waals surface area contributed by atoms with Gasteiger partial charge in [-0.15, -0.1) is 0 Å². The molecule has 46 heavy (non-hydrogen) atoms. The Kier molecular flexibility index (Phi) is 36.9. The highest BCUT2D eigenvalue weighted by Gasteiger charge is 2.17. The number of aliphatic hydroxyl groups excluding tert-OH is 2. The van der Waals surface area contributed by atoms with Gasteiger partial charge in [0.2, 0.25) is 5.91 Å². The van der Waals surface area contributed by atoms with Crippen molar-refractivity contribution in [3.63, 3.8) is 0 Å². The molecule has 0 aliphatic carbocycles. The van der Waals surface area contributed by atoms with Gasteiger partial charge in [-0.2, -0.15) is 0 Å². The van der Waals surface area contributed by atoms with Crippen molar-refractivity contribution >= 4 is 5.91 Å². The number of unbranched alkanes of at least 4 members (excludes halogenated alkanes) is 25. The molecule has 4 nitrogen and oxygen atoms in total. The van der Waals surface area contributed by atoms with Crippen LogP contribution in [0.15, 0.2) is 36.5 Å². The van der Waals surface area contributed by atoms with Gasteiger partial charge in [-0.1, -0.05) is 179 Å². The SMILES string of the molecule is CCCCC/C=C\CCCCCCCC(=O)NC(CO)C(O)/C=C/CC/C=C/CCCCCCCCCCCCCCCCCC. The average Bonchev–Trinajstić information content (AvgIpc) is 3.06. The van der Waals surface area contributed by atoms with E-state index in [1.807, 2.05) is 6.08 Å². The molecule has 0 aliphatic heterocycles. The van der Waals surface area contributed by atoms with Crippen molar-refractivity contribution < 1.29 is 15.0 Å². The number of carbonyl (C=O) groups excluding carboxylic acids is 1. The quantitative estimate of drug-likeness (QED) is 0.0469. The summed E-state index contributed by atoms with van der Waals surface area (Å²) >= 11 is 0. The molecule has 0 saturated carbocycles. The minimum Gasteiger partial charge on any atom is -0.394 e. The summed E-state index contributed by atoms with van der Waals surface area (Å²) < 4.78 is 0. The zero-order valence-corrected chi connectivity index (χ0v) is 30.8. The average molecular weight is 646 g/mol. The Hall–Kier alpha value is -1.39. The normalized spacial score (nSPS) is 13.4. The lowest BCUT2D eigenvalue weighted by Gasteiger charge is -2.19. The molecule has 0 spiro atoms. The fourth-order valence-corrected chi connectivity index (χ4v) is 5.95.